The number of rotatable bonds is 5. The molecule has 1 fully saturated rings. The van der Waals surface area contributed by atoms with Gasteiger partial charge >= 0.3 is 5.97 Å². The highest BCUT2D eigenvalue weighted by Gasteiger charge is 2.37. The van der Waals surface area contributed by atoms with Gasteiger partial charge in [-0.2, -0.15) is 0 Å². The SMILES string of the molecule is O=C(COC(=O)[C@H]1CC(=O)N(c2cccc(Cl)c2Cl)C1)NNC(=O)c1ccc(Br)cc1. The van der Waals surface area contributed by atoms with Gasteiger partial charge in [-0.15, -0.1) is 0 Å². The first kappa shape index (κ1) is 23.1. The van der Waals surface area contributed by atoms with Crippen molar-refractivity contribution < 1.29 is 23.9 Å². The largest absolute Gasteiger partial charge is 0.455 e. The molecule has 1 aliphatic rings. The lowest BCUT2D eigenvalue weighted by molar-refractivity contribution is -0.152. The second-order valence-electron chi connectivity index (χ2n) is 6.60. The first-order valence-electron chi connectivity index (χ1n) is 9.02. The van der Waals surface area contributed by atoms with Crippen LogP contribution in [-0.2, 0) is 19.1 Å². The summed E-state index contributed by atoms with van der Waals surface area (Å²) in [4.78, 5) is 49.8. The Morgan fingerprint density at radius 1 is 1.10 bits per heavy atom. The molecule has 1 heterocycles. The molecule has 11 heteroatoms. The van der Waals surface area contributed by atoms with Gasteiger partial charge in [-0.25, -0.2) is 0 Å². The van der Waals surface area contributed by atoms with Crippen LogP contribution in [0.15, 0.2) is 46.9 Å². The normalized spacial score (nSPS) is 15.5. The molecule has 2 N–H and O–H groups in total. The summed E-state index contributed by atoms with van der Waals surface area (Å²) in [5.74, 6) is -3.02. The third kappa shape index (κ3) is 5.75. The fourth-order valence-electron chi connectivity index (χ4n) is 2.89. The summed E-state index contributed by atoms with van der Waals surface area (Å²) >= 11 is 15.4. The van der Waals surface area contributed by atoms with Crippen molar-refractivity contribution in [2.75, 3.05) is 18.1 Å². The van der Waals surface area contributed by atoms with Crippen molar-refractivity contribution in [1.29, 1.82) is 0 Å². The molecule has 0 saturated carbocycles. The average molecular weight is 529 g/mol. The maximum absolute atomic E-state index is 12.3. The molecule has 2 aromatic rings. The van der Waals surface area contributed by atoms with E-state index in [-0.39, 0.29) is 23.9 Å². The summed E-state index contributed by atoms with van der Waals surface area (Å²) in [5, 5.41) is 0.507. The second kappa shape index (κ2) is 10.1. The molecule has 1 atom stereocenters. The predicted octanol–water partition coefficient (Wildman–Crippen LogP) is 3.11. The van der Waals surface area contributed by atoms with Crippen molar-refractivity contribution in [2.24, 2.45) is 5.92 Å². The molecule has 162 valence electrons. The van der Waals surface area contributed by atoms with E-state index in [1.165, 1.54) is 4.90 Å². The van der Waals surface area contributed by atoms with Gasteiger partial charge in [0.2, 0.25) is 5.91 Å². The number of carbonyl (C=O) groups is 4. The predicted molar refractivity (Wildman–Crippen MR) is 118 cm³/mol. The molecule has 3 amide bonds. The smallest absolute Gasteiger partial charge is 0.311 e. The van der Waals surface area contributed by atoms with Crippen molar-refractivity contribution in [3.63, 3.8) is 0 Å². The number of ether oxygens (including phenoxy) is 1. The van der Waals surface area contributed by atoms with Gasteiger partial charge in [0.15, 0.2) is 6.61 Å². The third-order valence-electron chi connectivity index (χ3n) is 4.45. The molecule has 3 rings (SSSR count). The molecule has 0 aromatic heterocycles. The molecule has 0 radical (unpaired) electrons. The van der Waals surface area contributed by atoms with Gasteiger partial charge in [0.1, 0.15) is 0 Å². The molecule has 0 aliphatic carbocycles. The van der Waals surface area contributed by atoms with Crippen LogP contribution in [-0.4, -0.2) is 36.8 Å². The third-order valence-corrected chi connectivity index (χ3v) is 5.79. The Morgan fingerprint density at radius 2 is 1.81 bits per heavy atom. The van der Waals surface area contributed by atoms with E-state index >= 15 is 0 Å². The Balaban J connectivity index is 1.47. The van der Waals surface area contributed by atoms with Gasteiger partial charge in [0, 0.05) is 23.0 Å². The zero-order valence-electron chi connectivity index (χ0n) is 15.9. The van der Waals surface area contributed by atoms with E-state index in [0.29, 0.717) is 16.3 Å². The lowest BCUT2D eigenvalue weighted by atomic mass is 10.1. The van der Waals surface area contributed by atoms with Crippen molar-refractivity contribution in [3.05, 3.63) is 62.5 Å². The second-order valence-corrected chi connectivity index (χ2v) is 8.30. The minimum Gasteiger partial charge on any atom is -0.455 e. The van der Waals surface area contributed by atoms with Crippen LogP contribution in [0.2, 0.25) is 10.0 Å². The summed E-state index contributed by atoms with van der Waals surface area (Å²) in [5.41, 5.74) is 5.13. The Morgan fingerprint density at radius 3 is 2.52 bits per heavy atom. The number of hydrazine groups is 1. The van der Waals surface area contributed by atoms with Gasteiger partial charge in [-0.05, 0) is 36.4 Å². The van der Waals surface area contributed by atoms with Gasteiger partial charge in [-0.1, -0.05) is 45.2 Å². The summed E-state index contributed by atoms with van der Waals surface area (Å²) in [6, 6.07) is 11.4. The van der Waals surface area contributed by atoms with Crippen molar-refractivity contribution in [3.8, 4) is 0 Å². The van der Waals surface area contributed by atoms with Crippen LogP contribution in [0, 0.1) is 5.92 Å². The number of nitrogens with zero attached hydrogens (tertiary/aromatic N) is 1. The zero-order valence-corrected chi connectivity index (χ0v) is 19.0. The van der Waals surface area contributed by atoms with E-state index in [1.807, 2.05) is 0 Å². The lowest BCUT2D eigenvalue weighted by Crippen LogP contribution is -2.43. The average Bonchev–Trinajstić information content (AvgIpc) is 3.14. The molecule has 2 aromatic carbocycles. The lowest BCUT2D eigenvalue weighted by Gasteiger charge is -2.18. The first-order valence-corrected chi connectivity index (χ1v) is 10.6. The van der Waals surface area contributed by atoms with Gasteiger partial charge in [0.25, 0.3) is 11.8 Å². The number of halogens is 3. The maximum atomic E-state index is 12.3. The number of esters is 1. The number of amides is 3. The molecular weight excluding hydrogens is 513 g/mol. The summed E-state index contributed by atoms with van der Waals surface area (Å²) < 4.78 is 5.79. The molecular formula is C20H16BrCl2N3O5. The number of anilines is 1. The van der Waals surface area contributed by atoms with E-state index in [0.717, 1.165) is 4.47 Å². The topological polar surface area (TPSA) is 105 Å². The molecule has 1 aliphatic heterocycles. The maximum Gasteiger partial charge on any atom is 0.311 e. The Hall–Kier alpha value is -2.62. The highest BCUT2D eigenvalue weighted by molar-refractivity contribution is 9.10. The van der Waals surface area contributed by atoms with E-state index in [4.69, 9.17) is 27.9 Å². The van der Waals surface area contributed by atoms with E-state index < -0.39 is 30.3 Å². The van der Waals surface area contributed by atoms with Gasteiger partial charge in [-0.3, -0.25) is 30.0 Å². The van der Waals surface area contributed by atoms with Crippen molar-refractivity contribution in [2.45, 2.75) is 6.42 Å². The van der Waals surface area contributed by atoms with Crippen molar-refractivity contribution in [1.82, 2.24) is 10.9 Å². The summed E-state index contributed by atoms with van der Waals surface area (Å²) in [7, 11) is 0. The fraction of sp³-hybridized carbons (Fsp3) is 0.200. The number of benzene rings is 2. The zero-order chi connectivity index (χ0) is 22.5. The van der Waals surface area contributed by atoms with Crippen LogP contribution in [0.3, 0.4) is 0 Å². The quantitative estimate of drug-likeness (QED) is 0.458. The van der Waals surface area contributed by atoms with Crippen LogP contribution in [0.4, 0.5) is 5.69 Å². The monoisotopic (exact) mass is 527 g/mol. The standard InChI is InChI=1S/C20H16BrCl2N3O5/c21-13-6-4-11(5-7-13)19(29)25-24-16(27)10-31-20(30)12-8-17(28)26(9-12)15-3-1-2-14(22)18(15)23/h1-7,12H,8-10H2,(H,24,27)(H,25,29)/t12-/m0/s1. The number of carbonyl (C=O) groups excluding carboxylic acids is 4. The molecule has 0 unspecified atom stereocenters. The Labute approximate surface area is 195 Å². The molecule has 8 nitrogen and oxygen atoms in total. The minimum absolute atomic E-state index is 0.0552. The van der Waals surface area contributed by atoms with Gasteiger partial charge < -0.3 is 9.64 Å². The first-order chi connectivity index (χ1) is 14.8. The van der Waals surface area contributed by atoms with Crippen molar-refractivity contribution >= 4 is 68.5 Å². The minimum atomic E-state index is -0.757. The summed E-state index contributed by atoms with van der Waals surface area (Å²) in [6.07, 6.45) is -0.0798. The highest BCUT2D eigenvalue weighted by Crippen LogP contribution is 2.35. The Kier molecular flexibility index (Phi) is 7.53. The number of hydrogen-bond acceptors (Lipinski definition) is 5. The highest BCUT2D eigenvalue weighted by atomic mass is 79.9. The summed E-state index contributed by atoms with van der Waals surface area (Å²) in [6.45, 7) is -0.554. The van der Waals surface area contributed by atoms with Crippen LogP contribution >= 0.6 is 39.1 Å². The fourth-order valence-corrected chi connectivity index (χ4v) is 3.55. The van der Waals surface area contributed by atoms with E-state index in [2.05, 4.69) is 26.8 Å². The van der Waals surface area contributed by atoms with E-state index in [1.54, 1.807) is 42.5 Å². The molecule has 1 saturated heterocycles. The van der Waals surface area contributed by atoms with Crippen LogP contribution in [0.1, 0.15) is 16.8 Å². The molecule has 31 heavy (non-hydrogen) atoms. The Bertz CT molecular complexity index is 1030. The van der Waals surface area contributed by atoms with Crippen LogP contribution in [0.25, 0.3) is 0 Å². The number of nitrogens with one attached hydrogen (secondary N) is 2. The van der Waals surface area contributed by atoms with Crippen LogP contribution < -0.4 is 15.8 Å². The van der Waals surface area contributed by atoms with E-state index in [9.17, 15) is 19.2 Å². The van der Waals surface area contributed by atoms with Crippen LogP contribution in [0.5, 0.6) is 0 Å². The molecule has 0 spiro atoms. The van der Waals surface area contributed by atoms with Gasteiger partial charge in [0.05, 0.1) is 21.7 Å². The number of hydrogen-bond donors (Lipinski definition) is 2. The molecule has 0 bridgehead atoms.